The standard InChI is InChI=1S/C13H18FN3O2/c1-19-13-9-12(10(14)8-11(13)15)17-4-2-16(3-5-17)6-7-18/h7-9H,2-6,15H2,1H3. The van der Waals surface area contributed by atoms with Crippen molar-refractivity contribution >= 4 is 17.7 Å². The second-order valence-corrected chi connectivity index (χ2v) is 4.50. The molecule has 104 valence electrons. The quantitative estimate of drug-likeness (QED) is 0.644. The molecule has 0 atom stereocenters. The zero-order valence-electron chi connectivity index (χ0n) is 10.9. The van der Waals surface area contributed by atoms with Crippen molar-refractivity contribution in [3.8, 4) is 5.75 Å². The molecule has 0 amide bonds. The van der Waals surface area contributed by atoms with Crippen molar-refractivity contribution in [3.63, 3.8) is 0 Å². The van der Waals surface area contributed by atoms with Crippen LogP contribution in [0.5, 0.6) is 5.75 Å². The summed E-state index contributed by atoms with van der Waals surface area (Å²) < 4.78 is 19.1. The Kier molecular flexibility index (Phi) is 4.21. The van der Waals surface area contributed by atoms with Crippen molar-refractivity contribution in [2.45, 2.75) is 0 Å². The largest absolute Gasteiger partial charge is 0.495 e. The lowest BCUT2D eigenvalue weighted by atomic mass is 10.2. The van der Waals surface area contributed by atoms with E-state index in [0.29, 0.717) is 36.8 Å². The minimum Gasteiger partial charge on any atom is -0.495 e. The lowest BCUT2D eigenvalue weighted by molar-refractivity contribution is -0.108. The molecule has 1 aromatic rings. The molecule has 1 heterocycles. The minimum absolute atomic E-state index is 0.295. The molecule has 1 saturated heterocycles. The summed E-state index contributed by atoms with van der Waals surface area (Å²) >= 11 is 0. The van der Waals surface area contributed by atoms with Gasteiger partial charge in [-0.25, -0.2) is 4.39 Å². The van der Waals surface area contributed by atoms with Gasteiger partial charge in [0.15, 0.2) is 0 Å². The number of anilines is 2. The molecule has 2 N–H and O–H groups in total. The maximum absolute atomic E-state index is 13.9. The van der Waals surface area contributed by atoms with E-state index in [4.69, 9.17) is 10.5 Å². The number of rotatable bonds is 4. The monoisotopic (exact) mass is 267 g/mol. The van der Waals surface area contributed by atoms with E-state index in [0.717, 1.165) is 19.4 Å². The van der Waals surface area contributed by atoms with Crippen molar-refractivity contribution in [1.29, 1.82) is 0 Å². The number of ether oxygens (including phenoxy) is 1. The molecule has 0 unspecified atom stereocenters. The SMILES string of the molecule is COc1cc(N2CCN(CC=O)CC2)c(F)cc1N. The highest BCUT2D eigenvalue weighted by Crippen LogP contribution is 2.31. The van der Waals surface area contributed by atoms with Crippen molar-refractivity contribution in [2.24, 2.45) is 0 Å². The molecule has 0 saturated carbocycles. The van der Waals surface area contributed by atoms with Gasteiger partial charge in [-0.05, 0) is 0 Å². The van der Waals surface area contributed by atoms with Crippen LogP contribution in [0.15, 0.2) is 12.1 Å². The fourth-order valence-corrected chi connectivity index (χ4v) is 2.25. The van der Waals surface area contributed by atoms with Crippen LogP contribution >= 0.6 is 0 Å². The summed E-state index contributed by atoms with van der Waals surface area (Å²) in [6, 6.07) is 2.91. The van der Waals surface area contributed by atoms with Crippen molar-refractivity contribution in [1.82, 2.24) is 4.90 Å². The van der Waals surface area contributed by atoms with Gasteiger partial charge in [0.2, 0.25) is 0 Å². The van der Waals surface area contributed by atoms with E-state index in [-0.39, 0.29) is 5.82 Å². The number of aldehydes is 1. The molecule has 1 aromatic carbocycles. The molecular weight excluding hydrogens is 249 g/mol. The van der Waals surface area contributed by atoms with Gasteiger partial charge in [0.1, 0.15) is 17.9 Å². The van der Waals surface area contributed by atoms with Crippen LogP contribution in [-0.2, 0) is 4.79 Å². The van der Waals surface area contributed by atoms with Gasteiger partial charge < -0.3 is 20.2 Å². The topological polar surface area (TPSA) is 58.8 Å². The fourth-order valence-electron chi connectivity index (χ4n) is 2.25. The summed E-state index contributed by atoms with van der Waals surface area (Å²) in [7, 11) is 1.51. The van der Waals surface area contributed by atoms with Crippen molar-refractivity contribution in [2.75, 3.05) is 50.5 Å². The smallest absolute Gasteiger partial charge is 0.148 e. The molecular formula is C13H18FN3O2. The summed E-state index contributed by atoms with van der Waals surface area (Å²) in [5.74, 6) is 0.133. The highest BCUT2D eigenvalue weighted by atomic mass is 19.1. The van der Waals surface area contributed by atoms with Gasteiger partial charge in [0.05, 0.1) is 25.0 Å². The summed E-state index contributed by atoms with van der Waals surface area (Å²) in [5, 5.41) is 0. The first-order valence-corrected chi connectivity index (χ1v) is 6.19. The Hall–Kier alpha value is -1.82. The zero-order chi connectivity index (χ0) is 13.8. The third-order valence-corrected chi connectivity index (χ3v) is 3.34. The average Bonchev–Trinajstić information content (AvgIpc) is 2.41. The van der Waals surface area contributed by atoms with Gasteiger partial charge in [-0.15, -0.1) is 0 Å². The Morgan fingerprint density at radius 1 is 1.37 bits per heavy atom. The summed E-state index contributed by atoms with van der Waals surface area (Å²) in [6.07, 6.45) is 0.891. The highest BCUT2D eigenvalue weighted by molar-refractivity contribution is 5.63. The molecule has 1 aliphatic heterocycles. The molecule has 2 rings (SSSR count). The molecule has 0 aliphatic carbocycles. The Labute approximate surface area is 111 Å². The normalized spacial score (nSPS) is 16.4. The number of hydrogen-bond donors (Lipinski definition) is 1. The first-order chi connectivity index (χ1) is 9.15. The third kappa shape index (κ3) is 2.96. The average molecular weight is 267 g/mol. The number of benzene rings is 1. The summed E-state index contributed by atoms with van der Waals surface area (Å²) in [5.41, 5.74) is 6.45. The first kappa shape index (κ1) is 13.6. The fraction of sp³-hybridized carbons (Fsp3) is 0.462. The zero-order valence-corrected chi connectivity index (χ0v) is 10.9. The number of nitrogens with two attached hydrogens (primary N) is 1. The Morgan fingerprint density at radius 2 is 2.05 bits per heavy atom. The summed E-state index contributed by atoms with van der Waals surface area (Å²) in [6.45, 7) is 3.27. The Balaban J connectivity index is 2.13. The summed E-state index contributed by atoms with van der Waals surface area (Å²) in [4.78, 5) is 14.4. The van der Waals surface area contributed by atoms with E-state index in [1.54, 1.807) is 6.07 Å². The number of hydrogen-bond acceptors (Lipinski definition) is 5. The van der Waals surface area contributed by atoms with Crippen molar-refractivity contribution < 1.29 is 13.9 Å². The van der Waals surface area contributed by atoms with Gasteiger partial charge in [-0.3, -0.25) is 4.90 Å². The molecule has 1 aliphatic rings. The lowest BCUT2D eigenvalue weighted by Gasteiger charge is -2.35. The predicted octanol–water partition coefficient (Wildman–Crippen LogP) is 0.737. The van der Waals surface area contributed by atoms with Crippen molar-refractivity contribution in [3.05, 3.63) is 17.9 Å². The van der Waals surface area contributed by atoms with Crippen LogP contribution in [0.2, 0.25) is 0 Å². The molecule has 6 heteroatoms. The molecule has 0 radical (unpaired) electrons. The van der Waals surface area contributed by atoms with E-state index in [2.05, 4.69) is 0 Å². The minimum atomic E-state index is -0.345. The number of carbonyl (C=O) groups is 1. The second-order valence-electron chi connectivity index (χ2n) is 4.50. The number of piperazine rings is 1. The predicted molar refractivity (Wildman–Crippen MR) is 72.1 cm³/mol. The molecule has 5 nitrogen and oxygen atoms in total. The Bertz CT molecular complexity index is 459. The first-order valence-electron chi connectivity index (χ1n) is 6.19. The maximum atomic E-state index is 13.9. The molecule has 0 spiro atoms. The number of nitrogens with zero attached hydrogens (tertiary/aromatic N) is 2. The molecule has 0 bridgehead atoms. The van der Waals surface area contributed by atoms with Gasteiger partial charge in [-0.1, -0.05) is 0 Å². The number of carbonyl (C=O) groups excluding carboxylic acids is 1. The van der Waals surface area contributed by atoms with Crippen LogP contribution in [0, 0.1) is 5.82 Å². The lowest BCUT2D eigenvalue weighted by Crippen LogP contribution is -2.47. The van der Waals surface area contributed by atoms with Gasteiger partial charge in [0.25, 0.3) is 0 Å². The molecule has 0 aromatic heterocycles. The number of nitrogen functional groups attached to an aromatic ring is 1. The highest BCUT2D eigenvalue weighted by Gasteiger charge is 2.20. The van der Waals surface area contributed by atoms with E-state index < -0.39 is 0 Å². The number of methoxy groups -OCH3 is 1. The van der Waals surface area contributed by atoms with Gasteiger partial charge in [-0.2, -0.15) is 0 Å². The molecule has 19 heavy (non-hydrogen) atoms. The van der Waals surface area contributed by atoms with E-state index in [9.17, 15) is 9.18 Å². The third-order valence-electron chi connectivity index (χ3n) is 3.34. The maximum Gasteiger partial charge on any atom is 0.148 e. The van der Waals surface area contributed by atoms with Crippen LogP contribution < -0.4 is 15.4 Å². The van der Waals surface area contributed by atoms with Crippen LogP contribution in [0.3, 0.4) is 0 Å². The van der Waals surface area contributed by atoms with E-state index >= 15 is 0 Å². The van der Waals surface area contributed by atoms with Crippen LogP contribution in [0.4, 0.5) is 15.8 Å². The number of halogens is 1. The second kappa shape index (κ2) is 5.88. The van der Waals surface area contributed by atoms with E-state index in [1.807, 2.05) is 9.80 Å². The van der Waals surface area contributed by atoms with Crippen LogP contribution in [-0.4, -0.2) is 51.0 Å². The van der Waals surface area contributed by atoms with E-state index in [1.165, 1.54) is 13.2 Å². The van der Waals surface area contributed by atoms with Crippen LogP contribution in [0.25, 0.3) is 0 Å². The van der Waals surface area contributed by atoms with Gasteiger partial charge in [0, 0.05) is 38.3 Å². The molecule has 1 fully saturated rings. The Morgan fingerprint density at radius 3 is 2.63 bits per heavy atom. The van der Waals surface area contributed by atoms with Crippen LogP contribution in [0.1, 0.15) is 0 Å². The van der Waals surface area contributed by atoms with Gasteiger partial charge >= 0.3 is 0 Å².